The lowest BCUT2D eigenvalue weighted by atomic mass is 10.1. The van der Waals surface area contributed by atoms with E-state index in [9.17, 15) is 4.79 Å². The molecular formula is C14H23ClN2O2. The summed E-state index contributed by atoms with van der Waals surface area (Å²) < 4.78 is 5.68. The molecule has 3 rings (SSSR count). The molecule has 2 fully saturated rings. The molecule has 0 aromatic rings. The number of morpholine rings is 1. The van der Waals surface area contributed by atoms with Crippen molar-refractivity contribution in [3.05, 3.63) is 12.2 Å². The van der Waals surface area contributed by atoms with Gasteiger partial charge in [0.05, 0.1) is 12.7 Å². The molecular weight excluding hydrogens is 264 g/mol. The summed E-state index contributed by atoms with van der Waals surface area (Å²) in [6, 6.07) is 0.824. The molecule has 0 saturated carbocycles. The van der Waals surface area contributed by atoms with Crippen molar-refractivity contribution in [1.29, 1.82) is 0 Å². The van der Waals surface area contributed by atoms with Gasteiger partial charge in [-0.2, -0.15) is 0 Å². The molecule has 0 bridgehead atoms. The Kier molecular flexibility index (Phi) is 4.87. The number of allylic oxidation sites excluding steroid dienone is 2. The van der Waals surface area contributed by atoms with Gasteiger partial charge >= 0.3 is 0 Å². The average molecular weight is 287 g/mol. The Morgan fingerprint density at radius 3 is 2.79 bits per heavy atom. The minimum atomic E-state index is 0. The van der Waals surface area contributed by atoms with E-state index in [1.54, 1.807) is 0 Å². The molecule has 1 N–H and O–H groups in total. The Balaban J connectivity index is 0.00000133. The summed E-state index contributed by atoms with van der Waals surface area (Å²) >= 11 is 0. The number of halogens is 1. The Bertz CT molecular complexity index is 353. The maximum Gasteiger partial charge on any atom is 0.223 e. The van der Waals surface area contributed by atoms with Gasteiger partial charge in [-0.05, 0) is 26.2 Å². The van der Waals surface area contributed by atoms with Gasteiger partial charge in [-0.1, -0.05) is 12.2 Å². The quantitative estimate of drug-likeness (QED) is 0.779. The predicted molar refractivity (Wildman–Crippen MR) is 76.4 cm³/mol. The van der Waals surface area contributed by atoms with E-state index < -0.39 is 0 Å². The van der Waals surface area contributed by atoms with E-state index in [0.717, 1.165) is 39.0 Å². The number of ether oxygens (including phenoxy) is 1. The van der Waals surface area contributed by atoms with Crippen LogP contribution in [0.2, 0.25) is 0 Å². The summed E-state index contributed by atoms with van der Waals surface area (Å²) in [7, 11) is 0. The number of carbonyl (C=O) groups is 1. The normalized spacial score (nSPS) is 34.9. The first kappa shape index (κ1) is 14.8. The number of hydrogen-bond donors (Lipinski definition) is 1. The predicted octanol–water partition coefficient (Wildman–Crippen LogP) is 1.35. The van der Waals surface area contributed by atoms with Gasteiger partial charge in [-0.3, -0.25) is 9.69 Å². The molecule has 3 aliphatic rings. The molecule has 108 valence electrons. The van der Waals surface area contributed by atoms with Gasteiger partial charge in [-0.15, -0.1) is 12.4 Å². The Morgan fingerprint density at radius 2 is 2.05 bits per heavy atom. The van der Waals surface area contributed by atoms with Crippen LogP contribution in [0.5, 0.6) is 0 Å². The van der Waals surface area contributed by atoms with Gasteiger partial charge in [0.25, 0.3) is 0 Å². The zero-order valence-corrected chi connectivity index (χ0v) is 12.2. The van der Waals surface area contributed by atoms with Crippen molar-refractivity contribution in [3.8, 4) is 0 Å². The van der Waals surface area contributed by atoms with Crippen LogP contribution >= 0.6 is 12.4 Å². The molecule has 4 nitrogen and oxygen atoms in total. The number of amides is 1. The molecule has 2 saturated heterocycles. The lowest BCUT2D eigenvalue weighted by Gasteiger charge is -2.33. The van der Waals surface area contributed by atoms with Gasteiger partial charge < -0.3 is 10.1 Å². The molecule has 3 atom stereocenters. The molecule has 0 aromatic heterocycles. The number of hydrogen-bond acceptors (Lipinski definition) is 3. The van der Waals surface area contributed by atoms with E-state index in [2.05, 4.69) is 29.3 Å². The van der Waals surface area contributed by atoms with Crippen molar-refractivity contribution in [1.82, 2.24) is 10.2 Å². The van der Waals surface area contributed by atoms with Crippen LogP contribution in [-0.2, 0) is 9.53 Å². The van der Waals surface area contributed by atoms with Crippen molar-refractivity contribution in [2.24, 2.45) is 5.92 Å². The van der Waals surface area contributed by atoms with Crippen LogP contribution in [0.15, 0.2) is 12.2 Å². The Morgan fingerprint density at radius 1 is 1.32 bits per heavy atom. The maximum absolute atomic E-state index is 12.1. The highest BCUT2D eigenvalue weighted by molar-refractivity contribution is 5.85. The van der Waals surface area contributed by atoms with Crippen LogP contribution in [0, 0.1) is 5.92 Å². The van der Waals surface area contributed by atoms with E-state index in [0.29, 0.717) is 18.2 Å². The van der Waals surface area contributed by atoms with E-state index in [4.69, 9.17) is 4.74 Å². The fourth-order valence-corrected chi connectivity index (χ4v) is 3.29. The van der Waals surface area contributed by atoms with Gasteiger partial charge in [0.15, 0.2) is 0 Å². The van der Waals surface area contributed by atoms with E-state index >= 15 is 0 Å². The molecule has 1 amide bonds. The van der Waals surface area contributed by atoms with Gasteiger partial charge in [0.2, 0.25) is 5.91 Å². The average Bonchev–Trinajstić information content (AvgIpc) is 2.95. The number of carbonyl (C=O) groups excluding carboxylic acids is 1. The summed E-state index contributed by atoms with van der Waals surface area (Å²) in [5, 5.41) is 3.22. The first-order chi connectivity index (χ1) is 8.72. The number of fused-ring (bicyclic) bond motifs is 1. The molecule has 0 radical (unpaired) electrons. The third-order valence-corrected chi connectivity index (χ3v) is 4.32. The fraction of sp³-hybridized carbons (Fsp3) is 0.786. The molecule has 19 heavy (non-hydrogen) atoms. The van der Waals surface area contributed by atoms with Gasteiger partial charge in [0.1, 0.15) is 0 Å². The third-order valence-electron chi connectivity index (χ3n) is 4.32. The van der Waals surface area contributed by atoms with Gasteiger partial charge in [0, 0.05) is 31.1 Å². The second kappa shape index (κ2) is 6.25. The van der Waals surface area contributed by atoms with E-state index in [1.165, 1.54) is 0 Å². The molecule has 2 heterocycles. The number of nitrogens with zero attached hydrogens (tertiary/aromatic N) is 1. The summed E-state index contributed by atoms with van der Waals surface area (Å²) in [5.41, 5.74) is 0. The monoisotopic (exact) mass is 286 g/mol. The highest BCUT2D eigenvalue weighted by Crippen LogP contribution is 2.24. The number of nitrogens with one attached hydrogen (secondary N) is 1. The standard InChI is InChI=1S/C14H22N2O2.ClH/c1-10-7-16-8-12(6-13(16)9-18-10)15-14(17)11-4-2-3-5-11;/h2-3,10-13H,4-9H2,1H3,(H,15,17);1H/t10-,12-,13+;/m1./s1. The van der Waals surface area contributed by atoms with E-state index in [1.807, 2.05) is 0 Å². The molecule has 0 aromatic carbocycles. The third kappa shape index (κ3) is 3.30. The highest BCUT2D eigenvalue weighted by Gasteiger charge is 2.37. The molecule has 0 unspecified atom stereocenters. The lowest BCUT2D eigenvalue weighted by molar-refractivity contribution is -0.125. The zero-order valence-electron chi connectivity index (χ0n) is 11.4. The van der Waals surface area contributed by atoms with Crippen molar-refractivity contribution >= 4 is 18.3 Å². The van der Waals surface area contributed by atoms with Gasteiger partial charge in [-0.25, -0.2) is 0 Å². The summed E-state index contributed by atoms with van der Waals surface area (Å²) in [4.78, 5) is 14.5. The van der Waals surface area contributed by atoms with Crippen LogP contribution in [0.1, 0.15) is 26.2 Å². The second-order valence-corrected chi connectivity index (χ2v) is 5.83. The molecule has 1 aliphatic carbocycles. The lowest BCUT2D eigenvalue weighted by Crippen LogP contribution is -2.45. The SMILES string of the molecule is C[C@@H]1CN2C[C@H](NC(=O)C3CC=CC3)C[C@H]2CO1.Cl. The molecule has 2 aliphatic heterocycles. The van der Waals surface area contributed by atoms with Crippen molar-refractivity contribution in [2.45, 2.75) is 44.4 Å². The topological polar surface area (TPSA) is 41.6 Å². The maximum atomic E-state index is 12.1. The summed E-state index contributed by atoms with van der Waals surface area (Å²) in [5.74, 6) is 0.414. The van der Waals surface area contributed by atoms with Crippen LogP contribution in [0.4, 0.5) is 0 Å². The van der Waals surface area contributed by atoms with Crippen LogP contribution in [-0.4, -0.2) is 48.7 Å². The Hall–Kier alpha value is -0.580. The first-order valence-electron chi connectivity index (χ1n) is 7.03. The smallest absolute Gasteiger partial charge is 0.223 e. The largest absolute Gasteiger partial charge is 0.376 e. The van der Waals surface area contributed by atoms with Crippen molar-refractivity contribution < 1.29 is 9.53 Å². The first-order valence-corrected chi connectivity index (χ1v) is 7.03. The fourth-order valence-electron chi connectivity index (χ4n) is 3.29. The highest BCUT2D eigenvalue weighted by atomic mass is 35.5. The van der Waals surface area contributed by atoms with Crippen molar-refractivity contribution in [2.75, 3.05) is 19.7 Å². The van der Waals surface area contributed by atoms with Crippen LogP contribution in [0.25, 0.3) is 0 Å². The minimum absolute atomic E-state index is 0. The number of rotatable bonds is 2. The summed E-state index contributed by atoms with van der Waals surface area (Å²) in [6.45, 7) is 4.93. The van der Waals surface area contributed by atoms with Crippen LogP contribution < -0.4 is 5.32 Å². The van der Waals surface area contributed by atoms with Crippen LogP contribution in [0.3, 0.4) is 0 Å². The van der Waals surface area contributed by atoms with Crippen molar-refractivity contribution in [3.63, 3.8) is 0 Å². The zero-order chi connectivity index (χ0) is 12.5. The van der Waals surface area contributed by atoms with E-state index in [-0.39, 0.29) is 24.2 Å². The Labute approximate surface area is 121 Å². The summed E-state index contributed by atoms with van der Waals surface area (Å²) in [6.07, 6.45) is 7.40. The molecule has 0 spiro atoms. The minimum Gasteiger partial charge on any atom is -0.376 e. The molecule has 5 heteroatoms. The second-order valence-electron chi connectivity index (χ2n) is 5.83.